The number of fused-ring (bicyclic) bond motifs is 1. The van der Waals surface area contributed by atoms with Gasteiger partial charge < -0.3 is 14.0 Å². The molecule has 1 aromatic heterocycles. The van der Waals surface area contributed by atoms with Crippen LogP contribution in [0.4, 0.5) is 0 Å². The molecular weight excluding hydrogens is 428 g/mol. The number of carbonyl (C=O) groups is 1. The number of aromatic nitrogens is 1. The highest BCUT2D eigenvalue weighted by molar-refractivity contribution is 7.89. The van der Waals surface area contributed by atoms with Gasteiger partial charge in [0.05, 0.1) is 10.6 Å². The standard InChI is InChI=1S/C24H24N2O5S/c1-3-21(27)19-13-20(16-4-9-22-23(12-16)31-24(10-11-24)14-30-22)26(15(19)2)17-5-7-18(8-6-17)32(25,28)29/h4-9,12-13H,3,10-11,14H2,1-2H3,(H2,25,28,29). The quantitative estimate of drug-likeness (QED) is 0.590. The maximum Gasteiger partial charge on any atom is 0.238 e. The molecule has 1 saturated carbocycles. The van der Waals surface area contributed by atoms with Crippen LogP contribution in [0.25, 0.3) is 16.9 Å². The zero-order valence-electron chi connectivity index (χ0n) is 17.9. The van der Waals surface area contributed by atoms with Gasteiger partial charge in [0.25, 0.3) is 0 Å². The van der Waals surface area contributed by atoms with E-state index in [1.54, 1.807) is 12.1 Å². The molecular formula is C24H24N2O5S. The second-order valence-corrected chi connectivity index (χ2v) is 9.98. The molecule has 1 fully saturated rings. The molecule has 0 saturated heterocycles. The van der Waals surface area contributed by atoms with E-state index >= 15 is 0 Å². The Labute approximate surface area is 186 Å². The van der Waals surface area contributed by atoms with Crippen molar-refractivity contribution in [3.63, 3.8) is 0 Å². The van der Waals surface area contributed by atoms with E-state index in [4.69, 9.17) is 14.6 Å². The largest absolute Gasteiger partial charge is 0.486 e. The lowest BCUT2D eigenvalue weighted by molar-refractivity contribution is 0.0718. The van der Waals surface area contributed by atoms with Gasteiger partial charge in [0.1, 0.15) is 12.2 Å². The fourth-order valence-electron chi connectivity index (χ4n) is 4.13. The van der Waals surface area contributed by atoms with Gasteiger partial charge in [-0.3, -0.25) is 4.79 Å². The molecule has 2 N–H and O–H groups in total. The van der Waals surface area contributed by atoms with Crippen molar-refractivity contribution in [2.45, 2.75) is 43.6 Å². The van der Waals surface area contributed by atoms with E-state index < -0.39 is 10.0 Å². The van der Waals surface area contributed by atoms with Crippen LogP contribution in [-0.2, 0) is 10.0 Å². The van der Waals surface area contributed by atoms with E-state index in [0.29, 0.717) is 30.1 Å². The van der Waals surface area contributed by atoms with Gasteiger partial charge in [-0.25, -0.2) is 13.6 Å². The number of nitrogens with zero attached hydrogens (tertiary/aromatic N) is 1. The average molecular weight is 453 g/mol. The first-order valence-corrected chi connectivity index (χ1v) is 12.1. The Bertz CT molecular complexity index is 1340. The number of nitrogens with two attached hydrogens (primary N) is 1. The highest BCUT2D eigenvalue weighted by Crippen LogP contribution is 2.48. The molecule has 166 valence electrons. The number of primary sulfonamides is 1. The Morgan fingerprint density at radius 3 is 2.44 bits per heavy atom. The Morgan fingerprint density at radius 1 is 1.09 bits per heavy atom. The van der Waals surface area contributed by atoms with Crippen LogP contribution in [-0.4, -0.2) is 31.0 Å². The summed E-state index contributed by atoms with van der Waals surface area (Å²) in [6.07, 6.45) is 2.35. The third-order valence-electron chi connectivity index (χ3n) is 6.16. The van der Waals surface area contributed by atoms with Crippen molar-refractivity contribution in [1.29, 1.82) is 0 Å². The summed E-state index contributed by atoms with van der Waals surface area (Å²) in [5.74, 6) is 1.45. The van der Waals surface area contributed by atoms with Crippen LogP contribution in [0.2, 0.25) is 0 Å². The number of Topliss-reactive ketones (excluding diaryl/α,β-unsaturated/α-hetero) is 1. The summed E-state index contributed by atoms with van der Waals surface area (Å²) < 4.78 is 37.4. The van der Waals surface area contributed by atoms with Crippen LogP contribution in [0.5, 0.6) is 11.5 Å². The number of sulfonamides is 1. The number of hydrogen-bond donors (Lipinski definition) is 1. The molecule has 32 heavy (non-hydrogen) atoms. The highest BCUT2D eigenvalue weighted by Gasteiger charge is 2.49. The zero-order valence-corrected chi connectivity index (χ0v) is 18.7. The first kappa shape index (κ1) is 20.8. The second kappa shape index (κ2) is 7.21. The molecule has 0 unspecified atom stereocenters. The normalized spacial score (nSPS) is 16.2. The van der Waals surface area contributed by atoms with Crippen LogP contribution in [0.1, 0.15) is 42.2 Å². The Morgan fingerprint density at radius 2 is 1.81 bits per heavy atom. The monoisotopic (exact) mass is 452 g/mol. The average Bonchev–Trinajstić information content (AvgIpc) is 3.43. The number of hydrogen-bond acceptors (Lipinski definition) is 5. The molecule has 1 aliphatic carbocycles. The third kappa shape index (κ3) is 3.49. The Kier molecular flexibility index (Phi) is 4.69. The number of ketones is 1. The summed E-state index contributed by atoms with van der Waals surface area (Å²) in [4.78, 5) is 12.7. The molecule has 0 amide bonds. The minimum absolute atomic E-state index is 0.0338. The second-order valence-electron chi connectivity index (χ2n) is 8.41. The van der Waals surface area contributed by atoms with E-state index in [2.05, 4.69) is 0 Å². The molecule has 2 aromatic carbocycles. The van der Waals surface area contributed by atoms with Gasteiger partial charge in [-0.05, 0) is 68.3 Å². The van der Waals surface area contributed by atoms with Gasteiger partial charge >= 0.3 is 0 Å². The van der Waals surface area contributed by atoms with E-state index in [0.717, 1.165) is 35.5 Å². The predicted octanol–water partition coefficient (Wildman–Crippen LogP) is 4.00. The fourth-order valence-corrected chi connectivity index (χ4v) is 4.65. The third-order valence-corrected chi connectivity index (χ3v) is 7.09. The first-order valence-electron chi connectivity index (χ1n) is 10.6. The van der Waals surface area contributed by atoms with Crippen molar-refractivity contribution < 1.29 is 22.7 Å². The number of rotatable bonds is 5. The van der Waals surface area contributed by atoms with Crippen LogP contribution in [0.3, 0.4) is 0 Å². The lowest BCUT2D eigenvalue weighted by atomic mass is 10.1. The summed E-state index contributed by atoms with van der Waals surface area (Å²) >= 11 is 0. The molecule has 2 heterocycles. The SMILES string of the molecule is CCC(=O)c1cc(-c2ccc3c(c2)OC2(CC2)CO3)n(-c2ccc(S(N)(=O)=O)cc2)c1C. The number of benzene rings is 2. The lowest BCUT2D eigenvalue weighted by Gasteiger charge is -2.27. The van der Waals surface area contributed by atoms with E-state index in [-0.39, 0.29) is 16.3 Å². The van der Waals surface area contributed by atoms with Crippen molar-refractivity contribution in [2.75, 3.05) is 6.61 Å². The number of carbonyl (C=O) groups excluding carboxylic acids is 1. The molecule has 7 nitrogen and oxygen atoms in total. The molecule has 1 aliphatic heterocycles. The highest BCUT2D eigenvalue weighted by atomic mass is 32.2. The van der Waals surface area contributed by atoms with Crippen molar-refractivity contribution in [1.82, 2.24) is 4.57 Å². The smallest absolute Gasteiger partial charge is 0.238 e. The van der Waals surface area contributed by atoms with Crippen molar-refractivity contribution in [3.8, 4) is 28.4 Å². The van der Waals surface area contributed by atoms with Gasteiger partial charge in [0.2, 0.25) is 10.0 Å². The van der Waals surface area contributed by atoms with Crippen LogP contribution in [0, 0.1) is 6.92 Å². The van der Waals surface area contributed by atoms with E-state index in [1.165, 1.54) is 12.1 Å². The maximum absolute atomic E-state index is 12.6. The Balaban J connectivity index is 1.65. The molecule has 0 atom stereocenters. The Hall–Kier alpha value is -3.10. The summed E-state index contributed by atoms with van der Waals surface area (Å²) in [7, 11) is -3.80. The van der Waals surface area contributed by atoms with Gasteiger partial charge in [0, 0.05) is 28.9 Å². The van der Waals surface area contributed by atoms with Gasteiger partial charge in [-0.2, -0.15) is 0 Å². The predicted molar refractivity (Wildman–Crippen MR) is 120 cm³/mol. The van der Waals surface area contributed by atoms with Crippen molar-refractivity contribution in [2.24, 2.45) is 5.14 Å². The molecule has 2 aliphatic rings. The van der Waals surface area contributed by atoms with Crippen LogP contribution in [0.15, 0.2) is 53.4 Å². The van der Waals surface area contributed by atoms with Gasteiger partial charge in [0.15, 0.2) is 17.3 Å². The summed E-state index contributed by atoms with van der Waals surface area (Å²) in [5, 5.41) is 5.25. The topological polar surface area (TPSA) is 101 Å². The minimum Gasteiger partial charge on any atom is -0.486 e. The maximum atomic E-state index is 12.6. The summed E-state index contributed by atoms with van der Waals surface area (Å²) in [5.41, 5.74) is 3.63. The molecule has 8 heteroatoms. The minimum atomic E-state index is -3.80. The van der Waals surface area contributed by atoms with E-state index in [9.17, 15) is 13.2 Å². The fraction of sp³-hybridized carbons (Fsp3) is 0.292. The van der Waals surface area contributed by atoms with Crippen molar-refractivity contribution >= 4 is 15.8 Å². The molecule has 3 aromatic rings. The van der Waals surface area contributed by atoms with Gasteiger partial charge in [-0.15, -0.1) is 0 Å². The molecule has 0 radical (unpaired) electrons. The molecule has 0 bridgehead atoms. The lowest BCUT2D eigenvalue weighted by Crippen LogP contribution is -2.30. The van der Waals surface area contributed by atoms with Crippen LogP contribution < -0.4 is 14.6 Å². The zero-order chi connectivity index (χ0) is 22.7. The van der Waals surface area contributed by atoms with Crippen molar-refractivity contribution in [3.05, 3.63) is 59.8 Å². The number of ether oxygens (including phenoxy) is 2. The summed E-state index contributed by atoms with van der Waals surface area (Å²) in [6, 6.07) is 14.0. The molecule has 5 rings (SSSR count). The molecule has 1 spiro atoms. The van der Waals surface area contributed by atoms with Crippen LogP contribution >= 0.6 is 0 Å². The van der Waals surface area contributed by atoms with E-state index in [1.807, 2.05) is 42.7 Å². The first-order chi connectivity index (χ1) is 15.2. The van der Waals surface area contributed by atoms with Gasteiger partial charge in [-0.1, -0.05) is 6.92 Å². The summed E-state index contributed by atoms with van der Waals surface area (Å²) in [6.45, 7) is 4.29.